The molecular weight excluding hydrogens is 813 g/mol. The van der Waals surface area contributed by atoms with Gasteiger partial charge in [0.15, 0.2) is 0 Å². The number of nitrogens with zero attached hydrogens (tertiary/aromatic N) is 2. The normalized spacial score (nSPS) is 14.5. The molecule has 14 heteroatoms. The molecule has 0 radical (unpaired) electrons. The van der Waals surface area contributed by atoms with E-state index in [9.17, 15) is 24.0 Å². The number of carbonyl (C=O) groups excluding carboxylic acids is 5. The van der Waals surface area contributed by atoms with Gasteiger partial charge >= 0.3 is 5.97 Å². The molecule has 0 bridgehead atoms. The van der Waals surface area contributed by atoms with E-state index in [1.165, 1.54) is 14.0 Å². The predicted molar refractivity (Wildman–Crippen MR) is 240 cm³/mol. The molecule has 64 heavy (non-hydrogen) atoms. The van der Waals surface area contributed by atoms with Crippen molar-refractivity contribution in [1.29, 1.82) is 0 Å². The molecule has 14 nitrogen and oxygen atoms in total. The van der Waals surface area contributed by atoms with Crippen molar-refractivity contribution in [2.75, 3.05) is 13.7 Å². The molecule has 1 heterocycles. The third kappa shape index (κ3) is 14.7. The van der Waals surface area contributed by atoms with Gasteiger partial charge in [-0.2, -0.15) is 0 Å². The van der Waals surface area contributed by atoms with Crippen molar-refractivity contribution in [3.63, 3.8) is 0 Å². The van der Waals surface area contributed by atoms with Crippen molar-refractivity contribution in [2.45, 2.75) is 95.8 Å². The molecule has 0 spiro atoms. The van der Waals surface area contributed by atoms with E-state index in [1.54, 1.807) is 30.6 Å². The van der Waals surface area contributed by atoms with Gasteiger partial charge in [-0.15, -0.1) is 0 Å². The minimum Gasteiger partial charge on any atom is -0.489 e. The average molecular weight is 871 g/mol. The van der Waals surface area contributed by atoms with Gasteiger partial charge in [-0.3, -0.25) is 19.2 Å². The number of ether oxygens (including phenoxy) is 3. The van der Waals surface area contributed by atoms with Gasteiger partial charge in [0.2, 0.25) is 23.6 Å². The molecule has 4 N–H and O–H groups in total. The van der Waals surface area contributed by atoms with Crippen molar-refractivity contribution in [3.8, 4) is 5.75 Å². The number of carbonyl (C=O) groups is 5. The van der Waals surface area contributed by atoms with Crippen molar-refractivity contribution in [2.24, 2.45) is 5.92 Å². The van der Waals surface area contributed by atoms with Gasteiger partial charge in [-0.25, -0.2) is 9.78 Å². The minimum atomic E-state index is -1.27. The molecule has 1 aliphatic carbocycles. The highest BCUT2D eigenvalue weighted by molar-refractivity contribution is 5.95. The molecule has 1 aromatic heterocycles. The summed E-state index contributed by atoms with van der Waals surface area (Å²) < 4.78 is 18.6. The van der Waals surface area contributed by atoms with E-state index in [1.807, 2.05) is 102 Å². The standard InChI is InChI=1S/C50H58N6O8/c1-35(50(61)62-2)52-49(60)45(33-63-31-38-17-9-4-10-18-38)55-47(58)43(27-36-23-25-42(26-24-36)64-32-39-19-11-5-12-20-39)54-48(59)44(53-46(57)40-21-13-6-14-22-40)28-41-30-56(34-51-41)29-37-15-7-3-8-16-37/h3-5,7-12,15-20,23-26,30,34-35,40,43-45H,6,13-14,21-22,27-29,31-33H2,1-2H3,(H,52,60)(H,53,57)(H,54,59)(H,55,58)/t35-,43+,44+,45+/m1/s1. The van der Waals surface area contributed by atoms with Crippen LogP contribution < -0.4 is 26.0 Å². The van der Waals surface area contributed by atoms with Gasteiger partial charge < -0.3 is 40.0 Å². The van der Waals surface area contributed by atoms with E-state index in [4.69, 9.17) is 14.2 Å². The molecule has 6 rings (SSSR count). The summed E-state index contributed by atoms with van der Waals surface area (Å²) in [4.78, 5) is 73.3. The van der Waals surface area contributed by atoms with E-state index in [0.29, 0.717) is 30.2 Å². The highest BCUT2D eigenvalue weighted by Gasteiger charge is 2.33. The second kappa shape index (κ2) is 24.2. The zero-order chi connectivity index (χ0) is 45.1. The van der Waals surface area contributed by atoms with Gasteiger partial charge in [0.05, 0.1) is 32.3 Å². The number of aromatic nitrogens is 2. The number of hydrogen-bond donors (Lipinski definition) is 4. The van der Waals surface area contributed by atoms with E-state index >= 15 is 0 Å². The fraction of sp³-hybridized carbons (Fsp3) is 0.360. The van der Waals surface area contributed by atoms with Crippen LogP contribution >= 0.6 is 0 Å². The smallest absolute Gasteiger partial charge is 0.328 e. The number of nitrogens with one attached hydrogen (secondary N) is 4. The molecule has 4 amide bonds. The van der Waals surface area contributed by atoms with Crippen LogP contribution in [0.4, 0.5) is 0 Å². The summed E-state index contributed by atoms with van der Waals surface area (Å²) in [5, 5.41) is 11.3. The van der Waals surface area contributed by atoms with Crippen LogP contribution in [0.15, 0.2) is 128 Å². The van der Waals surface area contributed by atoms with Gasteiger partial charge in [0.25, 0.3) is 0 Å². The molecule has 4 aromatic carbocycles. The summed E-state index contributed by atoms with van der Waals surface area (Å²) in [5.74, 6) is -2.47. The molecule has 336 valence electrons. The van der Waals surface area contributed by atoms with Crippen molar-refractivity contribution in [3.05, 3.63) is 156 Å². The Kier molecular flexibility index (Phi) is 17.6. The Hall–Kier alpha value is -6.80. The summed E-state index contributed by atoms with van der Waals surface area (Å²) in [6, 6.07) is 31.6. The maximum absolute atomic E-state index is 14.5. The zero-order valence-corrected chi connectivity index (χ0v) is 36.4. The van der Waals surface area contributed by atoms with Crippen LogP contribution in [0.3, 0.4) is 0 Å². The summed E-state index contributed by atoms with van der Waals surface area (Å²) in [7, 11) is 1.21. The maximum atomic E-state index is 14.5. The fourth-order valence-electron chi connectivity index (χ4n) is 7.52. The highest BCUT2D eigenvalue weighted by atomic mass is 16.5. The number of benzene rings is 4. The molecule has 0 unspecified atom stereocenters. The largest absolute Gasteiger partial charge is 0.489 e. The first-order valence-electron chi connectivity index (χ1n) is 21.8. The van der Waals surface area contributed by atoms with E-state index in [-0.39, 0.29) is 37.9 Å². The van der Waals surface area contributed by atoms with Crippen LogP contribution in [-0.4, -0.2) is 77.0 Å². The lowest BCUT2D eigenvalue weighted by atomic mass is 9.88. The van der Waals surface area contributed by atoms with E-state index < -0.39 is 47.9 Å². The van der Waals surface area contributed by atoms with E-state index in [2.05, 4.69) is 26.3 Å². The van der Waals surface area contributed by atoms with Gasteiger partial charge in [0.1, 0.15) is 36.5 Å². The Bertz CT molecular complexity index is 2250. The Morgan fingerprint density at radius 2 is 1.20 bits per heavy atom. The first-order chi connectivity index (χ1) is 31.1. The Labute approximate surface area is 374 Å². The SMILES string of the molecule is COC(=O)[C@@H](C)NC(=O)[C@H](COCc1ccccc1)NC(=O)[C@H](Cc1ccc(OCc2ccccc2)cc1)NC(=O)[C@H](Cc1cn(Cc2ccccc2)cn1)NC(=O)C1CCCCC1. The first-order valence-corrected chi connectivity index (χ1v) is 21.8. The van der Waals surface area contributed by atoms with Crippen LogP contribution in [0, 0.1) is 5.92 Å². The van der Waals surface area contributed by atoms with Crippen molar-refractivity contribution >= 4 is 29.6 Å². The number of esters is 1. The minimum absolute atomic E-state index is 0.0172. The van der Waals surface area contributed by atoms with Crippen LogP contribution in [0.5, 0.6) is 5.75 Å². The van der Waals surface area contributed by atoms with Gasteiger partial charge in [-0.05, 0) is 54.2 Å². The molecule has 1 aliphatic rings. The second-order valence-corrected chi connectivity index (χ2v) is 16.1. The molecular formula is C50H58N6O8. The number of hydrogen-bond acceptors (Lipinski definition) is 9. The first kappa shape index (κ1) is 46.7. The molecule has 0 aliphatic heterocycles. The van der Waals surface area contributed by atoms with Crippen LogP contribution in [0.1, 0.15) is 67.0 Å². The molecule has 1 saturated carbocycles. The van der Waals surface area contributed by atoms with Crippen molar-refractivity contribution in [1.82, 2.24) is 30.8 Å². The van der Waals surface area contributed by atoms with Gasteiger partial charge in [0, 0.05) is 31.5 Å². The highest BCUT2D eigenvalue weighted by Crippen LogP contribution is 2.24. The topological polar surface area (TPSA) is 179 Å². The second-order valence-electron chi connectivity index (χ2n) is 16.1. The van der Waals surface area contributed by atoms with Crippen LogP contribution in [0.25, 0.3) is 0 Å². The molecule has 5 aromatic rings. The Morgan fingerprint density at radius 1 is 0.641 bits per heavy atom. The van der Waals surface area contributed by atoms with Crippen molar-refractivity contribution < 1.29 is 38.2 Å². The van der Waals surface area contributed by atoms with E-state index in [0.717, 1.165) is 48.8 Å². The molecule has 0 saturated heterocycles. The number of rotatable bonds is 22. The Morgan fingerprint density at radius 3 is 1.83 bits per heavy atom. The number of amides is 4. The number of imidazole rings is 1. The third-order valence-corrected chi connectivity index (χ3v) is 11.1. The van der Waals surface area contributed by atoms with Crippen LogP contribution in [-0.2, 0) is 66.0 Å². The molecule has 1 fully saturated rings. The quantitative estimate of drug-likeness (QED) is 0.0679. The lowest BCUT2D eigenvalue weighted by Crippen LogP contribution is -2.59. The Balaban J connectivity index is 1.24. The van der Waals surface area contributed by atoms with Gasteiger partial charge in [-0.1, -0.05) is 122 Å². The summed E-state index contributed by atoms with van der Waals surface area (Å²) >= 11 is 0. The number of methoxy groups -OCH3 is 1. The average Bonchev–Trinajstić information content (AvgIpc) is 3.77. The maximum Gasteiger partial charge on any atom is 0.328 e. The predicted octanol–water partition coefficient (Wildman–Crippen LogP) is 5.22. The van der Waals surface area contributed by atoms with Crippen LogP contribution in [0.2, 0.25) is 0 Å². The third-order valence-electron chi connectivity index (χ3n) is 11.1. The monoisotopic (exact) mass is 870 g/mol. The zero-order valence-electron chi connectivity index (χ0n) is 36.4. The molecule has 4 atom stereocenters. The summed E-state index contributed by atoms with van der Waals surface area (Å²) in [6.07, 6.45) is 8.00. The lowest BCUT2D eigenvalue weighted by molar-refractivity contribution is -0.145. The fourth-order valence-corrected chi connectivity index (χ4v) is 7.52. The lowest BCUT2D eigenvalue weighted by Gasteiger charge is -2.27. The summed E-state index contributed by atoms with van der Waals surface area (Å²) in [6.45, 7) is 2.30. The summed E-state index contributed by atoms with van der Waals surface area (Å²) in [5.41, 5.74) is 4.21.